The first kappa shape index (κ1) is 17.7. The number of thioether (sulfide) groups is 1. The minimum Gasteiger partial charge on any atom is -0.325 e. The Morgan fingerprint density at radius 3 is 2.64 bits per heavy atom. The summed E-state index contributed by atoms with van der Waals surface area (Å²) in [5, 5.41) is 10.2. The Kier molecular flexibility index (Phi) is 5.55. The molecule has 128 valence electrons. The molecule has 1 aromatic heterocycles. The molecule has 2 N–H and O–H groups in total. The second-order valence-electron chi connectivity index (χ2n) is 5.56. The summed E-state index contributed by atoms with van der Waals surface area (Å²) >= 11 is 4.81. The van der Waals surface area contributed by atoms with E-state index in [9.17, 15) is 4.79 Å². The van der Waals surface area contributed by atoms with E-state index < -0.39 is 0 Å². The number of anilines is 1. The van der Waals surface area contributed by atoms with E-state index in [1.807, 2.05) is 62.4 Å². The minimum absolute atomic E-state index is 0.0823. The van der Waals surface area contributed by atoms with E-state index in [0.29, 0.717) is 11.0 Å². The first-order valence-corrected chi connectivity index (χ1v) is 9.41. The third kappa shape index (κ3) is 4.49. The fourth-order valence-electron chi connectivity index (χ4n) is 2.17. The van der Waals surface area contributed by atoms with Gasteiger partial charge in [0.1, 0.15) is 0 Å². The van der Waals surface area contributed by atoms with E-state index >= 15 is 0 Å². The zero-order chi connectivity index (χ0) is 17.8. The van der Waals surface area contributed by atoms with Crippen LogP contribution in [0.1, 0.15) is 12.5 Å². The van der Waals surface area contributed by atoms with Crippen molar-refractivity contribution in [3.8, 4) is 11.4 Å². The van der Waals surface area contributed by atoms with Crippen molar-refractivity contribution >= 4 is 39.3 Å². The summed E-state index contributed by atoms with van der Waals surface area (Å²) in [4.78, 5) is 16.8. The first-order chi connectivity index (χ1) is 12.0. The fraction of sp³-hybridized carbons (Fsp3) is 0.167. The molecule has 0 aliphatic rings. The van der Waals surface area contributed by atoms with Gasteiger partial charge in [0.25, 0.3) is 0 Å². The van der Waals surface area contributed by atoms with Crippen LogP contribution >= 0.6 is 27.7 Å². The van der Waals surface area contributed by atoms with Crippen LogP contribution in [0.15, 0.2) is 58.2 Å². The maximum Gasteiger partial charge on any atom is 0.237 e. The van der Waals surface area contributed by atoms with Crippen molar-refractivity contribution in [1.29, 1.82) is 0 Å². The number of aromatic amines is 1. The number of rotatable bonds is 5. The summed E-state index contributed by atoms with van der Waals surface area (Å²) < 4.78 is 0.938. The molecular weight excluding hydrogens is 400 g/mol. The van der Waals surface area contributed by atoms with Gasteiger partial charge in [-0.3, -0.25) is 9.89 Å². The third-order valence-electron chi connectivity index (χ3n) is 3.56. The van der Waals surface area contributed by atoms with E-state index in [0.717, 1.165) is 21.3 Å². The van der Waals surface area contributed by atoms with Crippen molar-refractivity contribution in [2.24, 2.45) is 0 Å². The number of H-pyrrole nitrogens is 1. The number of halogens is 1. The third-order valence-corrected chi connectivity index (χ3v) is 5.22. The number of carbonyl (C=O) groups is 1. The molecule has 1 heterocycles. The van der Waals surface area contributed by atoms with Crippen LogP contribution in [0, 0.1) is 6.92 Å². The van der Waals surface area contributed by atoms with Crippen LogP contribution in [0.4, 0.5) is 5.69 Å². The van der Waals surface area contributed by atoms with Gasteiger partial charge in [-0.15, -0.1) is 5.10 Å². The summed E-state index contributed by atoms with van der Waals surface area (Å²) in [5.41, 5.74) is 2.87. The average molecular weight is 417 g/mol. The van der Waals surface area contributed by atoms with Gasteiger partial charge in [0.2, 0.25) is 11.1 Å². The minimum atomic E-state index is -0.316. The van der Waals surface area contributed by atoms with Gasteiger partial charge in [-0.1, -0.05) is 63.6 Å². The molecule has 0 radical (unpaired) electrons. The highest BCUT2D eigenvalue weighted by atomic mass is 79.9. The van der Waals surface area contributed by atoms with Gasteiger partial charge in [-0.2, -0.15) is 0 Å². The second kappa shape index (κ2) is 7.84. The summed E-state index contributed by atoms with van der Waals surface area (Å²) in [5.74, 6) is 0.585. The number of aryl methyl sites for hydroxylation is 1. The molecule has 7 heteroatoms. The van der Waals surface area contributed by atoms with Crippen LogP contribution in [0.25, 0.3) is 11.4 Å². The number of hydrogen-bond donors (Lipinski definition) is 2. The van der Waals surface area contributed by atoms with Gasteiger partial charge in [0.05, 0.1) is 5.25 Å². The number of benzene rings is 2. The standard InChI is InChI=1S/C18H17BrN4OS/c1-11-7-9-13(10-8-11)20-17(24)12(2)25-18-21-16(22-23-18)14-5-3-4-6-15(14)19/h3-10,12H,1-2H3,(H,20,24)(H,21,22,23)/t12-/m0/s1. The van der Waals surface area contributed by atoms with Crippen molar-refractivity contribution < 1.29 is 4.79 Å². The molecule has 1 amide bonds. The number of nitrogens with one attached hydrogen (secondary N) is 2. The molecule has 0 aliphatic carbocycles. The van der Waals surface area contributed by atoms with Crippen LogP contribution in [0.3, 0.4) is 0 Å². The second-order valence-corrected chi connectivity index (χ2v) is 7.72. The lowest BCUT2D eigenvalue weighted by Crippen LogP contribution is -2.22. The Balaban J connectivity index is 1.65. The zero-order valence-corrected chi connectivity index (χ0v) is 16.2. The summed E-state index contributed by atoms with van der Waals surface area (Å²) in [6.45, 7) is 3.85. The Bertz CT molecular complexity index is 879. The Morgan fingerprint density at radius 2 is 1.92 bits per heavy atom. The van der Waals surface area contributed by atoms with Crippen LogP contribution in [-0.2, 0) is 4.79 Å². The normalized spacial score (nSPS) is 12.0. The molecule has 3 aromatic rings. The van der Waals surface area contributed by atoms with Crippen LogP contribution in [-0.4, -0.2) is 26.3 Å². The predicted octanol–water partition coefficient (Wildman–Crippen LogP) is 4.66. The molecule has 0 aliphatic heterocycles. The maximum absolute atomic E-state index is 12.3. The van der Waals surface area contributed by atoms with Crippen LogP contribution in [0.2, 0.25) is 0 Å². The molecule has 0 bridgehead atoms. The van der Waals surface area contributed by atoms with E-state index in [2.05, 4.69) is 36.4 Å². The zero-order valence-electron chi connectivity index (χ0n) is 13.8. The van der Waals surface area contributed by atoms with Gasteiger partial charge in [-0.05, 0) is 32.0 Å². The molecule has 3 rings (SSSR count). The van der Waals surface area contributed by atoms with E-state index in [1.165, 1.54) is 11.8 Å². The van der Waals surface area contributed by atoms with Gasteiger partial charge in [0.15, 0.2) is 5.82 Å². The Hall–Kier alpha value is -2.12. The van der Waals surface area contributed by atoms with Gasteiger partial charge >= 0.3 is 0 Å². The lowest BCUT2D eigenvalue weighted by molar-refractivity contribution is -0.115. The van der Waals surface area contributed by atoms with Crippen molar-refractivity contribution in [3.63, 3.8) is 0 Å². The van der Waals surface area contributed by atoms with Crippen molar-refractivity contribution in [1.82, 2.24) is 15.2 Å². The highest BCUT2D eigenvalue weighted by molar-refractivity contribution is 9.10. The highest BCUT2D eigenvalue weighted by Gasteiger charge is 2.18. The molecule has 0 saturated heterocycles. The fourth-order valence-corrected chi connectivity index (χ4v) is 3.36. The predicted molar refractivity (Wildman–Crippen MR) is 105 cm³/mol. The van der Waals surface area contributed by atoms with Gasteiger partial charge in [-0.25, -0.2) is 4.98 Å². The Labute approximate surface area is 158 Å². The molecule has 0 fully saturated rings. The number of nitrogens with zero attached hydrogens (tertiary/aromatic N) is 2. The average Bonchev–Trinajstić information content (AvgIpc) is 3.05. The molecule has 0 unspecified atom stereocenters. The first-order valence-electron chi connectivity index (χ1n) is 7.74. The van der Waals surface area contributed by atoms with Crippen molar-refractivity contribution in [2.75, 3.05) is 5.32 Å². The summed E-state index contributed by atoms with van der Waals surface area (Å²) in [6.07, 6.45) is 0. The Morgan fingerprint density at radius 1 is 1.20 bits per heavy atom. The molecule has 0 saturated carbocycles. The lowest BCUT2D eigenvalue weighted by Gasteiger charge is -2.10. The van der Waals surface area contributed by atoms with E-state index in [-0.39, 0.29) is 11.2 Å². The summed E-state index contributed by atoms with van der Waals surface area (Å²) in [7, 11) is 0. The van der Waals surface area contributed by atoms with E-state index in [1.54, 1.807) is 0 Å². The van der Waals surface area contributed by atoms with E-state index in [4.69, 9.17) is 0 Å². The van der Waals surface area contributed by atoms with Crippen molar-refractivity contribution in [3.05, 3.63) is 58.6 Å². The maximum atomic E-state index is 12.3. The SMILES string of the molecule is Cc1ccc(NC(=O)[C@H](C)Sc2n[nH]c(-c3ccccc3Br)n2)cc1. The highest BCUT2D eigenvalue weighted by Crippen LogP contribution is 2.27. The molecule has 0 spiro atoms. The van der Waals surface area contributed by atoms with Crippen LogP contribution < -0.4 is 5.32 Å². The molecule has 5 nitrogen and oxygen atoms in total. The smallest absolute Gasteiger partial charge is 0.237 e. The number of hydrogen-bond acceptors (Lipinski definition) is 4. The molecule has 1 atom stereocenters. The lowest BCUT2D eigenvalue weighted by atomic mass is 10.2. The van der Waals surface area contributed by atoms with Crippen LogP contribution in [0.5, 0.6) is 0 Å². The number of aromatic nitrogens is 3. The molecular formula is C18H17BrN4OS. The van der Waals surface area contributed by atoms with Gasteiger partial charge in [0, 0.05) is 15.7 Å². The monoisotopic (exact) mass is 416 g/mol. The molecule has 25 heavy (non-hydrogen) atoms. The van der Waals surface area contributed by atoms with Gasteiger partial charge < -0.3 is 5.32 Å². The number of carbonyl (C=O) groups excluding carboxylic acids is 1. The largest absolute Gasteiger partial charge is 0.325 e. The number of amides is 1. The summed E-state index contributed by atoms with van der Waals surface area (Å²) in [6, 6.07) is 15.5. The van der Waals surface area contributed by atoms with Crippen molar-refractivity contribution in [2.45, 2.75) is 24.3 Å². The molecule has 2 aromatic carbocycles. The quantitative estimate of drug-likeness (QED) is 0.593. The topological polar surface area (TPSA) is 70.7 Å².